The number of hydrogen-bond acceptors (Lipinski definition) is 16. The Bertz CT molecular complexity index is 1820. The predicted molar refractivity (Wildman–Crippen MR) is 149 cm³/mol. The quantitative estimate of drug-likeness (QED) is 0.0976. The number of nitrogen functional groups attached to an aromatic ring is 1. The summed E-state index contributed by atoms with van der Waals surface area (Å²) in [6, 6.07) is 0. The number of fused-ring (bicyclic) bond motifs is 2. The van der Waals surface area contributed by atoms with Gasteiger partial charge in [-0.2, -0.15) is 0 Å². The van der Waals surface area contributed by atoms with E-state index in [1.165, 1.54) is 34.0 Å². The normalized spacial score (nSPS) is 30.6. The Morgan fingerprint density at radius 3 is 2.60 bits per heavy atom. The molecule has 20 nitrogen and oxygen atoms in total. The summed E-state index contributed by atoms with van der Waals surface area (Å²) in [7, 11) is 0. The first-order valence-electron chi connectivity index (χ1n) is 12.2. The molecule has 6 rings (SSSR count). The van der Waals surface area contributed by atoms with Crippen LogP contribution in [-0.4, -0.2) is 90.9 Å². The maximum absolute atomic E-state index is 13.2. The summed E-state index contributed by atoms with van der Waals surface area (Å²) in [5.74, 6) is 0.229. The number of aliphatic hydroxyl groups excluding tert-OH is 2. The fourth-order valence-electron chi connectivity index (χ4n) is 4.65. The topological polar surface area (TPSA) is 263 Å². The minimum atomic E-state index is -4.54. The molecule has 0 spiro atoms. The molecule has 0 amide bonds. The molecule has 9 atom stereocenters. The molecule has 0 aromatic carbocycles. The number of hydrogen-bond donors (Lipinski definition) is 6. The standard InChI is InChI=1S/C19H23N9O11P2S2/c20-14-11-15(23-5-22-14)28(6-24-11)16-12(30)13(17(37-16)39-40(32,33)42)38-41(34,43)35-4-9-8(29)3-10(36-9)27-7-25-18-21-1-2-26(18)19(27)31/h1-2,5-10,12-13,16-17,29-30H,3-4H2,(H,34,43)(H2,20,22,23)(H2,32,33,42)/t8-,9+,10?,12-,13?,16+,17+,41?/m0/s1. The van der Waals surface area contributed by atoms with E-state index < -0.39 is 69.1 Å². The molecule has 2 saturated heterocycles. The number of aromatic nitrogens is 8. The molecule has 0 bridgehead atoms. The lowest BCUT2D eigenvalue weighted by molar-refractivity contribution is -0.123. The first-order chi connectivity index (χ1) is 20.3. The second-order valence-electron chi connectivity index (χ2n) is 9.36. The van der Waals surface area contributed by atoms with Crippen molar-refractivity contribution in [1.29, 1.82) is 0 Å². The third kappa shape index (κ3) is 6.10. The van der Waals surface area contributed by atoms with Crippen molar-refractivity contribution < 1.29 is 47.3 Å². The lowest BCUT2D eigenvalue weighted by atomic mass is 10.2. The van der Waals surface area contributed by atoms with Gasteiger partial charge in [-0.3, -0.25) is 22.7 Å². The van der Waals surface area contributed by atoms with Crippen molar-refractivity contribution in [2.24, 2.45) is 0 Å². The van der Waals surface area contributed by atoms with Crippen molar-refractivity contribution in [2.45, 2.75) is 49.6 Å². The summed E-state index contributed by atoms with van der Waals surface area (Å²) >= 11 is 7.42. The van der Waals surface area contributed by atoms with Gasteiger partial charge in [0.2, 0.25) is 5.78 Å². The van der Waals surface area contributed by atoms with Gasteiger partial charge in [-0.1, -0.05) is 24.5 Å². The highest BCUT2D eigenvalue weighted by Crippen LogP contribution is 2.58. The van der Waals surface area contributed by atoms with Crippen molar-refractivity contribution in [3.63, 3.8) is 0 Å². The second-order valence-corrected chi connectivity index (χ2v) is 14.9. The van der Waals surface area contributed by atoms with Crippen LogP contribution in [0.3, 0.4) is 0 Å². The molecule has 4 aromatic rings. The summed E-state index contributed by atoms with van der Waals surface area (Å²) in [4.78, 5) is 42.4. The highest BCUT2D eigenvalue weighted by molar-refractivity contribution is 8.44. The van der Waals surface area contributed by atoms with E-state index >= 15 is 0 Å². The zero-order valence-electron chi connectivity index (χ0n) is 21.4. The summed E-state index contributed by atoms with van der Waals surface area (Å²) in [6.07, 6.45) is -3.39. The maximum atomic E-state index is 13.2. The van der Waals surface area contributed by atoms with Crippen molar-refractivity contribution in [3.8, 4) is 0 Å². The number of ether oxygens (including phenoxy) is 2. The first-order valence-corrected chi connectivity index (χ1v) is 17.6. The first kappa shape index (κ1) is 30.6. The smallest absolute Gasteiger partial charge is 0.386 e. The van der Waals surface area contributed by atoms with Crippen molar-refractivity contribution in [2.75, 3.05) is 12.3 Å². The largest absolute Gasteiger partial charge is 0.390 e. The third-order valence-electron chi connectivity index (χ3n) is 6.59. The number of aliphatic hydroxyl groups is 2. The van der Waals surface area contributed by atoms with Crippen LogP contribution in [0.4, 0.5) is 5.82 Å². The van der Waals surface area contributed by atoms with Crippen LogP contribution in [0.15, 0.2) is 36.2 Å². The number of anilines is 1. The second kappa shape index (κ2) is 11.5. The lowest BCUT2D eigenvalue weighted by Gasteiger charge is -2.25. The molecule has 232 valence electrons. The molecule has 5 N–H and O–H groups in total. The van der Waals surface area contributed by atoms with Crippen LogP contribution >= 0.6 is 38.1 Å². The van der Waals surface area contributed by atoms with Gasteiger partial charge in [-0.25, -0.2) is 43.2 Å². The SMILES string of the molecule is Nc1ncnc2c1ncn2[C@@H]1O[C@H](OP(=O)(O)S)C(OP(=O)(S)OC[C@H]2OC(n3cnc4nccn4c3=O)C[C@@H]2O)[C@@H]1O. The van der Waals surface area contributed by atoms with E-state index in [0.29, 0.717) is 0 Å². The van der Waals surface area contributed by atoms with E-state index in [9.17, 15) is 29.0 Å². The van der Waals surface area contributed by atoms with Gasteiger partial charge in [0.1, 0.15) is 42.7 Å². The minimum absolute atomic E-state index is 0.0268. The average Bonchev–Trinajstić information content (AvgIpc) is 3.71. The molecule has 0 saturated carbocycles. The van der Waals surface area contributed by atoms with E-state index in [1.807, 2.05) is 0 Å². The van der Waals surface area contributed by atoms with Crippen molar-refractivity contribution in [1.82, 2.24) is 38.5 Å². The Labute approximate surface area is 250 Å². The monoisotopic (exact) mass is 679 g/mol. The zero-order chi connectivity index (χ0) is 30.7. The van der Waals surface area contributed by atoms with E-state index in [0.717, 1.165) is 10.9 Å². The molecule has 2 aliphatic rings. The Hall–Kier alpha value is -2.46. The molecule has 24 heteroatoms. The van der Waals surface area contributed by atoms with E-state index in [4.69, 9.17) is 28.8 Å². The number of imidazole rings is 2. The molecule has 4 aromatic heterocycles. The molecule has 0 radical (unpaired) electrons. The van der Waals surface area contributed by atoms with Crippen LogP contribution in [0.5, 0.6) is 0 Å². The summed E-state index contributed by atoms with van der Waals surface area (Å²) in [5, 5.41) is 21.6. The fourth-order valence-corrected chi connectivity index (χ4v) is 6.82. The van der Waals surface area contributed by atoms with Crippen LogP contribution in [0.1, 0.15) is 18.9 Å². The molecule has 0 aliphatic carbocycles. The van der Waals surface area contributed by atoms with Gasteiger partial charge < -0.3 is 30.3 Å². The number of thiol groups is 2. The minimum Gasteiger partial charge on any atom is -0.390 e. The number of nitrogens with zero attached hydrogens (tertiary/aromatic N) is 8. The summed E-state index contributed by atoms with van der Waals surface area (Å²) in [5.41, 5.74) is 5.63. The van der Waals surface area contributed by atoms with Gasteiger partial charge in [-0.15, -0.1) is 0 Å². The fraction of sp³-hybridized carbons (Fsp3) is 0.474. The van der Waals surface area contributed by atoms with E-state index in [-0.39, 0.29) is 29.2 Å². The number of rotatable bonds is 9. The molecule has 2 fully saturated rings. The zero-order valence-corrected chi connectivity index (χ0v) is 25.0. The number of nitrogens with two attached hydrogens (primary N) is 1. The van der Waals surface area contributed by atoms with Crippen LogP contribution in [0.25, 0.3) is 16.9 Å². The maximum Gasteiger partial charge on any atom is 0.386 e. The van der Waals surface area contributed by atoms with Gasteiger partial charge in [0.05, 0.1) is 19.0 Å². The Balaban J connectivity index is 1.16. The molecule has 43 heavy (non-hydrogen) atoms. The third-order valence-corrected chi connectivity index (χ3v) is 8.97. The molecular weight excluding hydrogens is 656 g/mol. The Kier molecular flexibility index (Phi) is 8.16. The van der Waals surface area contributed by atoms with Gasteiger partial charge in [0.15, 0.2) is 24.0 Å². The van der Waals surface area contributed by atoms with Crippen LogP contribution < -0.4 is 11.4 Å². The van der Waals surface area contributed by atoms with E-state index in [1.54, 1.807) is 0 Å². The van der Waals surface area contributed by atoms with E-state index in [2.05, 4.69) is 49.4 Å². The van der Waals surface area contributed by atoms with Gasteiger partial charge in [-0.05, 0) is 0 Å². The van der Waals surface area contributed by atoms with Gasteiger partial charge in [0.25, 0.3) is 0 Å². The van der Waals surface area contributed by atoms with Crippen molar-refractivity contribution in [3.05, 3.63) is 41.9 Å². The predicted octanol–water partition coefficient (Wildman–Crippen LogP) is -0.336. The molecule has 2 aliphatic heterocycles. The highest BCUT2D eigenvalue weighted by Gasteiger charge is 2.51. The van der Waals surface area contributed by atoms with Crippen LogP contribution in [0, 0.1) is 0 Å². The highest BCUT2D eigenvalue weighted by atomic mass is 32.7. The summed E-state index contributed by atoms with van der Waals surface area (Å²) < 4.78 is 55.8. The Morgan fingerprint density at radius 2 is 1.84 bits per heavy atom. The molecular formula is C19H23N9O11P2S2. The summed E-state index contributed by atoms with van der Waals surface area (Å²) in [6.45, 7) is -9.49. The lowest BCUT2D eigenvalue weighted by Crippen LogP contribution is -2.34. The van der Waals surface area contributed by atoms with Gasteiger partial charge >= 0.3 is 19.3 Å². The molecule has 4 unspecified atom stereocenters. The van der Waals surface area contributed by atoms with Crippen LogP contribution in [-0.2, 0) is 32.2 Å². The average molecular weight is 680 g/mol. The molecule has 6 heterocycles. The van der Waals surface area contributed by atoms with Gasteiger partial charge in [0, 0.05) is 18.8 Å². The Morgan fingerprint density at radius 1 is 1.07 bits per heavy atom. The van der Waals surface area contributed by atoms with Crippen molar-refractivity contribution >= 4 is 60.9 Å². The van der Waals surface area contributed by atoms with Crippen LogP contribution in [0.2, 0.25) is 0 Å².